The van der Waals surface area contributed by atoms with Gasteiger partial charge in [0.15, 0.2) is 0 Å². The smallest absolute Gasteiger partial charge is 0.253 e. The van der Waals surface area contributed by atoms with E-state index in [0.717, 1.165) is 53.5 Å². The van der Waals surface area contributed by atoms with Crippen LogP contribution in [0.2, 0.25) is 0 Å². The lowest BCUT2D eigenvalue weighted by Gasteiger charge is -2.30. The molecule has 0 atom stereocenters. The second-order valence-electron chi connectivity index (χ2n) is 6.64. The molecule has 8 heteroatoms. The number of hydrogen-bond donors (Lipinski definition) is 1. The number of carbonyl (C=O) groups is 1. The van der Waals surface area contributed by atoms with E-state index in [9.17, 15) is 4.79 Å². The number of piperidine rings is 1. The number of likely N-dealkylation sites (tertiary alicyclic amines) is 1. The molecule has 5 nitrogen and oxygen atoms in total. The average molecular weight is 439 g/mol. The molecule has 1 aliphatic heterocycles. The quantitative estimate of drug-likeness (QED) is 0.624. The van der Waals surface area contributed by atoms with Crippen molar-refractivity contribution in [1.29, 1.82) is 0 Å². The van der Waals surface area contributed by atoms with Crippen molar-refractivity contribution in [2.45, 2.75) is 29.5 Å². The fraction of sp³-hybridized carbons (Fsp3) is 0.300. The number of imidazole rings is 1. The second kappa shape index (κ2) is 10.2. The summed E-state index contributed by atoms with van der Waals surface area (Å²) in [5.41, 5.74) is 8.67. The number of thioether (sulfide) groups is 1. The van der Waals surface area contributed by atoms with Crippen LogP contribution in [-0.2, 0) is 5.75 Å². The number of rotatable bonds is 4. The summed E-state index contributed by atoms with van der Waals surface area (Å²) in [6, 6.07) is 14.1. The lowest BCUT2D eigenvalue weighted by molar-refractivity contribution is 0.0714. The van der Waals surface area contributed by atoms with Gasteiger partial charge in [-0.15, -0.1) is 36.6 Å². The Morgan fingerprint density at radius 2 is 1.82 bits per heavy atom. The van der Waals surface area contributed by atoms with Gasteiger partial charge in [0.25, 0.3) is 5.91 Å². The molecule has 3 heterocycles. The fourth-order valence-corrected chi connectivity index (χ4v) is 3.98. The van der Waals surface area contributed by atoms with Crippen LogP contribution in [0.4, 0.5) is 0 Å². The summed E-state index contributed by atoms with van der Waals surface area (Å²) in [6.45, 7) is 1.51. The van der Waals surface area contributed by atoms with Gasteiger partial charge in [0, 0.05) is 47.7 Å². The van der Waals surface area contributed by atoms with Crippen molar-refractivity contribution in [1.82, 2.24) is 14.3 Å². The lowest BCUT2D eigenvalue weighted by atomic mass is 10.1. The van der Waals surface area contributed by atoms with Gasteiger partial charge in [-0.2, -0.15) is 0 Å². The average Bonchev–Trinajstić information content (AvgIpc) is 3.10. The third-order valence-corrected chi connectivity index (χ3v) is 5.77. The summed E-state index contributed by atoms with van der Waals surface area (Å²) >= 11 is 1.73. The molecule has 1 aromatic carbocycles. The molecule has 0 bridgehead atoms. The van der Waals surface area contributed by atoms with Crippen molar-refractivity contribution in [3.8, 4) is 0 Å². The number of carbonyl (C=O) groups excluding carboxylic acids is 1. The van der Waals surface area contributed by atoms with Crippen molar-refractivity contribution in [3.63, 3.8) is 0 Å². The molecule has 4 rings (SSSR count). The number of nitrogens with two attached hydrogens (primary N) is 1. The molecule has 0 unspecified atom stereocenters. The van der Waals surface area contributed by atoms with Crippen molar-refractivity contribution in [2.24, 2.45) is 5.73 Å². The van der Waals surface area contributed by atoms with E-state index in [1.807, 2.05) is 58.0 Å². The zero-order chi connectivity index (χ0) is 17.9. The van der Waals surface area contributed by atoms with Crippen molar-refractivity contribution < 1.29 is 4.79 Å². The van der Waals surface area contributed by atoms with E-state index in [2.05, 4.69) is 11.2 Å². The molecular formula is C20H24Cl2N4OS. The van der Waals surface area contributed by atoms with E-state index in [-0.39, 0.29) is 36.8 Å². The predicted molar refractivity (Wildman–Crippen MR) is 119 cm³/mol. The van der Waals surface area contributed by atoms with Crippen LogP contribution in [0.15, 0.2) is 59.8 Å². The standard InChI is InChI=1S/C20H22N4OS.2ClH/c21-16-8-11-23(12-9-16)20(25)15-4-6-18(7-5-15)26-14-17-13-24-10-2-1-3-19(24)22-17;;/h1-7,10,13,16H,8-9,11-12,14,21H2;2*1H. The van der Waals surface area contributed by atoms with Crippen LogP contribution >= 0.6 is 36.6 Å². The Morgan fingerprint density at radius 3 is 2.50 bits per heavy atom. The highest BCUT2D eigenvalue weighted by molar-refractivity contribution is 7.98. The van der Waals surface area contributed by atoms with Crippen molar-refractivity contribution in [2.75, 3.05) is 13.1 Å². The zero-order valence-electron chi connectivity index (χ0n) is 15.4. The molecular weight excluding hydrogens is 415 g/mol. The number of nitrogens with zero attached hydrogens (tertiary/aromatic N) is 3. The number of aromatic nitrogens is 2. The highest BCUT2D eigenvalue weighted by Gasteiger charge is 2.21. The highest BCUT2D eigenvalue weighted by Crippen LogP contribution is 2.23. The molecule has 28 heavy (non-hydrogen) atoms. The molecule has 1 amide bonds. The van der Waals surface area contributed by atoms with E-state index in [1.165, 1.54) is 0 Å². The van der Waals surface area contributed by atoms with Gasteiger partial charge >= 0.3 is 0 Å². The first kappa shape index (κ1) is 22.6. The molecule has 1 aliphatic rings. The van der Waals surface area contributed by atoms with Gasteiger partial charge in [-0.1, -0.05) is 6.07 Å². The minimum absolute atomic E-state index is 0. The summed E-state index contributed by atoms with van der Waals surface area (Å²) < 4.78 is 2.03. The van der Waals surface area contributed by atoms with E-state index in [1.54, 1.807) is 11.8 Å². The van der Waals surface area contributed by atoms with E-state index < -0.39 is 0 Å². The Kier molecular flexibility index (Phi) is 8.19. The molecule has 1 saturated heterocycles. The fourth-order valence-electron chi connectivity index (χ4n) is 3.19. The van der Waals surface area contributed by atoms with Crippen LogP contribution in [0, 0.1) is 0 Å². The first-order valence-corrected chi connectivity index (χ1v) is 9.88. The monoisotopic (exact) mass is 438 g/mol. The summed E-state index contributed by atoms with van der Waals surface area (Å²) in [4.78, 5) is 20.2. The molecule has 0 aliphatic carbocycles. The predicted octanol–water partition coefficient (Wildman–Crippen LogP) is 4.03. The third kappa shape index (κ3) is 5.20. The van der Waals surface area contributed by atoms with Crippen LogP contribution in [0.1, 0.15) is 28.9 Å². The van der Waals surface area contributed by atoms with Crippen LogP contribution in [-0.4, -0.2) is 39.3 Å². The van der Waals surface area contributed by atoms with E-state index in [0.29, 0.717) is 0 Å². The Balaban J connectivity index is 0.00000140. The lowest BCUT2D eigenvalue weighted by Crippen LogP contribution is -2.42. The number of hydrogen-bond acceptors (Lipinski definition) is 4. The van der Waals surface area contributed by atoms with Gasteiger partial charge in [0.2, 0.25) is 0 Å². The van der Waals surface area contributed by atoms with Crippen molar-refractivity contribution in [3.05, 3.63) is 66.1 Å². The molecule has 2 aromatic heterocycles. The van der Waals surface area contributed by atoms with Gasteiger partial charge in [0.1, 0.15) is 5.65 Å². The molecule has 0 spiro atoms. The maximum Gasteiger partial charge on any atom is 0.253 e. The Labute approximate surface area is 181 Å². The van der Waals surface area contributed by atoms with Crippen LogP contribution in [0.25, 0.3) is 5.65 Å². The Bertz CT molecular complexity index is 875. The molecule has 1 fully saturated rings. The summed E-state index contributed by atoms with van der Waals surface area (Å²) in [5.74, 6) is 0.910. The topological polar surface area (TPSA) is 63.6 Å². The number of benzene rings is 1. The molecule has 0 radical (unpaired) electrons. The van der Waals surface area contributed by atoms with Crippen LogP contribution < -0.4 is 5.73 Å². The Morgan fingerprint density at radius 1 is 1.11 bits per heavy atom. The molecule has 2 N–H and O–H groups in total. The normalized spacial score (nSPS) is 14.4. The van der Waals surface area contributed by atoms with E-state index >= 15 is 0 Å². The Hall–Kier alpha value is -1.73. The molecule has 3 aromatic rings. The van der Waals surface area contributed by atoms with Crippen LogP contribution in [0.3, 0.4) is 0 Å². The number of fused-ring (bicyclic) bond motifs is 1. The first-order chi connectivity index (χ1) is 12.7. The minimum atomic E-state index is 0. The highest BCUT2D eigenvalue weighted by atomic mass is 35.5. The van der Waals surface area contributed by atoms with Gasteiger partial charge in [0.05, 0.1) is 5.69 Å². The maximum absolute atomic E-state index is 12.6. The minimum Gasteiger partial charge on any atom is -0.339 e. The van der Waals surface area contributed by atoms with Gasteiger partial charge < -0.3 is 15.0 Å². The van der Waals surface area contributed by atoms with Crippen molar-refractivity contribution >= 4 is 48.1 Å². The summed E-state index contributed by atoms with van der Waals surface area (Å²) in [5, 5.41) is 0. The first-order valence-electron chi connectivity index (χ1n) is 8.89. The maximum atomic E-state index is 12.6. The number of pyridine rings is 1. The van der Waals surface area contributed by atoms with Gasteiger partial charge in [-0.25, -0.2) is 4.98 Å². The zero-order valence-corrected chi connectivity index (χ0v) is 17.8. The largest absolute Gasteiger partial charge is 0.339 e. The third-order valence-electron chi connectivity index (χ3n) is 4.73. The second-order valence-corrected chi connectivity index (χ2v) is 7.69. The summed E-state index contributed by atoms with van der Waals surface area (Å²) in [6.07, 6.45) is 5.84. The molecule has 150 valence electrons. The SMILES string of the molecule is Cl.Cl.NC1CCN(C(=O)c2ccc(SCc3cn4ccccc4n3)cc2)CC1. The van der Waals surface area contributed by atoms with Gasteiger partial charge in [-0.05, 0) is 49.2 Å². The number of halogens is 2. The van der Waals surface area contributed by atoms with Gasteiger partial charge in [-0.3, -0.25) is 4.79 Å². The van der Waals surface area contributed by atoms with Crippen LogP contribution in [0.5, 0.6) is 0 Å². The molecule has 0 saturated carbocycles. The van der Waals surface area contributed by atoms with E-state index in [4.69, 9.17) is 5.73 Å². The number of amides is 1. The summed E-state index contributed by atoms with van der Waals surface area (Å²) in [7, 11) is 0.